The van der Waals surface area contributed by atoms with E-state index in [0.717, 1.165) is 13.2 Å². The molecule has 1 atom stereocenters. The van der Waals surface area contributed by atoms with Gasteiger partial charge in [0.1, 0.15) is 0 Å². The summed E-state index contributed by atoms with van der Waals surface area (Å²) in [5.74, 6) is 0.684. The van der Waals surface area contributed by atoms with Crippen LogP contribution in [-0.4, -0.2) is 6.61 Å². The Balaban J connectivity index is 2.16. The van der Waals surface area contributed by atoms with Gasteiger partial charge in [-0.2, -0.15) is 0 Å². The summed E-state index contributed by atoms with van der Waals surface area (Å²) in [6.45, 7) is 6.08. The molecule has 0 bridgehead atoms. The van der Waals surface area contributed by atoms with Gasteiger partial charge in [-0.05, 0) is 17.9 Å². The minimum atomic E-state index is 0.684. The van der Waals surface area contributed by atoms with Crippen LogP contribution in [0.1, 0.15) is 32.3 Å². The van der Waals surface area contributed by atoms with Crippen molar-refractivity contribution in [3.8, 4) is 0 Å². The van der Waals surface area contributed by atoms with Crippen molar-refractivity contribution in [1.82, 2.24) is 0 Å². The van der Waals surface area contributed by atoms with Crippen LogP contribution in [0.4, 0.5) is 0 Å². The zero-order valence-electron chi connectivity index (χ0n) is 9.20. The molecule has 0 radical (unpaired) electrons. The second kappa shape index (κ2) is 6.61. The van der Waals surface area contributed by atoms with Crippen molar-refractivity contribution >= 4 is 0 Å². The minimum Gasteiger partial charge on any atom is -0.376 e. The molecule has 0 aliphatic carbocycles. The highest BCUT2D eigenvalue weighted by atomic mass is 16.5. The van der Waals surface area contributed by atoms with Gasteiger partial charge in [0.15, 0.2) is 0 Å². The van der Waals surface area contributed by atoms with Crippen LogP contribution in [0.5, 0.6) is 0 Å². The lowest BCUT2D eigenvalue weighted by molar-refractivity contribution is 0.0893. The third kappa shape index (κ3) is 4.43. The molecule has 0 saturated carbocycles. The Morgan fingerprint density at radius 1 is 1.21 bits per heavy atom. The maximum absolute atomic E-state index is 5.63. The zero-order valence-corrected chi connectivity index (χ0v) is 9.20. The van der Waals surface area contributed by atoms with Crippen LogP contribution >= 0.6 is 0 Å². The Morgan fingerprint density at radius 2 is 1.93 bits per heavy atom. The van der Waals surface area contributed by atoms with Gasteiger partial charge >= 0.3 is 0 Å². The molecule has 1 rings (SSSR count). The molecule has 1 aromatic rings. The average Bonchev–Trinajstić information content (AvgIpc) is 2.20. The molecule has 14 heavy (non-hydrogen) atoms. The molecule has 0 aliphatic heterocycles. The molecule has 0 aliphatic rings. The van der Waals surface area contributed by atoms with E-state index in [9.17, 15) is 0 Å². The highest BCUT2D eigenvalue weighted by Crippen LogP contribution is 2.07. The number of hydrogen-bond donors (Lipinski definition) is 0. The first-order chi connectivity index (χ1) is 6.83. The SMILES string of the molecule is CCCC(C)COCc1ccccc1. The van der Waals surface area contributed by atoms with E-state index in [2.05, 4.69) is 26.0 Å². The van der Waals surface area contributed by atoms with E-state index in [-0.39, 0.29) is 0 Å². The predicted octanol–water partition coefficient (Wildman–Crippen LogP) is 3.64. The maximum atomic E-state index is 5.63. The van der Waals surface area contributed by atoms with E-state index >= 15 is 0 Å². The summed E-state index contributed by atoms with van der Waals surface area (Å²) in [4.78, 5) is 0. The van der Waals surface area contributed by atoms with Crippen molar-refractivity contribution in [3.63, 3.8) is 0 Å². The lowest BCUT2D eigenvalue weighted by Gasteiger charge is -2.10. The fourth-order valence-corrected chi connectivity index (χ4v) is 1.53. The highest BCUT2D eigenvalue weighted by molar-refractivity contribution is 5.13. The first-order valence-electron chi connectivity index (χ1n) is 5.44. The van der Waals surface area contributed by atoms with Gasteiger partial charge in [-0.25, -0.2) is 0 Å². The van der Waals surface area contributed by atoms with E-state index in [1.165, 1.54) is 18.4 Å². The van der Waals surface area contributed by atoms with Crippen LogP contribution in [0, 0.1) is 5.92 Å². The first kappa shape index (κ1) is 11.3. The van der Waals surface area contributed by atoms with E-state index in [1.807, 2.05) is 18.2 Å². The van der Waals surface area contributed by atoms with Gasteiger partial charge in [-0.15, -0.1) is 0 Å². The number of hydrogen-bond acceptors (Lipinski definition) is 1. The fourth-order valence-electron chi connectivity index (χ4n) is 1.53. The third-order valence-electron chi connectivity index (χ3n) is 2.30. The molecular weight excluding hydrogens is 172 g/mol. The average molecular weight is 192 g/mol. The first-order valence-corrected chi connectivity index (χ1v) is 5.44. The summed E-state index contributed by atoms with van der Waals surface area (Å²) in [7, 11) is 0. The number of benzene rings is 1. The summed E-state index contributed by atoms with van der Waals surface area (Å²) in [5, 5.41) is 0. The van der Waals surface area contributed by atoms with Crippen molar-refractivity contribution in [1.29, 1.82) is 0 Å². The van der Waals surface area contributed by atoms with Crippen molar-refractivity contribution in [3.05, 3.63) is 35.9 Å². The molecule has 78 valence electrons. The van der Waals surface area contributed by atoms with Gasteiger partial charge < -0.3 is 4.74 Å². The summed E-state index contributed by atoms with van der Waals surface area (Å²) >= 11 is 0. The van der Waals surface area contributed by atoms with Gasteiger partial charge in [-0.3, -0.25) is 0 Å². The molecule has 0 saturated heterocycles. The number of rotatable bonds is 6. The largest absolute Gasteiger partial charge is 0.376 e. The standard InChI is InChI=1S/C13H20O/c1-3-7-12(2)10-14-11-13-8-5-4-6-9-13/h4-6,8-9,12H,3,7,10-11H2,1-2H3. The van der Waals surface area contributed by atoms with Gasteiger partial charge in [0.05, 0.1) is 6.61 Å². The van der Waals surface area contributed by atoms with Crippen LogP contribution in [-0.2, 0) is 11.3 Å². The molecule has 0 N–H and O–H groups in total. The molecule has 0 fully saturated rings. The third-order valence-corrected chi connectivity index (χ3v) is 2.30. The second-order valence-electron chi connectivity index (χ2n) is 3.89. The highest BCUT2D eigenvalue weighted by Gasteiger charge is 2.00. The van der Waals surface area contributed by atoms with Crippen molar-refractivity contribution in [2.75, 3.05) is 6.61 Å². The van der Waals surface area contributed by atoms with E-state index in [0.29, 0.717) is 5.92 Å². The lowest BCUT2D eigenvalue weighted by atomic mass is 10.1. The van der Waals surface area contributed by atoms with Crippen LogP contribution in [0.25, 0.3) is 0 Å². The molecule has 1 unspecified atom stereocenters. The van der Waals surface area contributed by atoms with E-state index in [4.69, 9.17) is 4.74 Å². The Morgan fingerprint density at radius 3 is 2.57 bits per heavy atom. The second-order valence-corrected chi connectivity index (χ2v) is 3.89. The molecule has 0 spiro atoms. The Labute approximate surface area is 87.1 Å². The molecule has 1 nitrogen and oxygen atoms in total. The molecule has 1 heteroatoms. The summed E-state index contributed by atoms with van der Waals surface area (Å²) in [5.41, 5.74) is 1.26. The van der Waals surface area contributed by atoms with Crippen molar-refractivity contribution in [2.24, 2.45) is 5.92 Å². The lowest BCUT2D eigenvalue weighted by Crippen LogP contribution is -2.05. The smallest absolute Gasteiger partial charge is 0.0717 e. The molecule has 0 heterocycles. The summed E-state index contributed by atoms with van der Waals surface area (Å²) < 4.78 is 5.63. The van der Waals surface area contributed by atoms with Crippen molar-refractivity contribution < 1.29 is 4.74 Å². The molecule has 0 amide bonds. The normalized spacial score (nSPS) is 12.7. The minimum absolute atomic E-state index is 0.684. The van der Waals surface area contributed by atoms with E-state index < -0.39 is 0 Å². The summed E-state index contributed by atoms with van der Waals surface area (Å²) in [6.07, 6.45) is 2.50. The van der Waals surface area contributed by atoms with Crippen LogP contribution in [0.3, 0.4) is 0 Å². The predicted molar refractivity (Wildman–Crippen MR) is 60.2 cm³/mol. The quantitative estimate of drug-likeness (QED) is 0.668. The fraction of sp³-hybridized carbons (Fsp3) is 0.538. The zero-order chi connectivity index (χ0) is 10.2. The molecular formula is C13H20O. The van der Waals surface area contributed by atoms with Crippen LogP contribution in [0.2, 0.25) is 0 Å². The van der Waals surface area contributed by atoms with Crippen LogP contribution in [0.15, 0.2) is 30.3 Å². The van der Waals surface area contributed by atoms with Gasteiger partial charge in [-0.1, -0.05) is 50.6 Å². The maximum Gasteiger partial charge on any atom is 0.0717 e. The molecule has 0 aromatic heterocycles. The van der Waals surface area contributed by atoms with E-state index in [1.54, 1.807) is 0 Å². The van der Waals surface area contributed by atoms with Gasteiger partial charge in [0.2, 0.25) is 0 Å². The Bertz CT molecular complexity index is 230. The van der Waals surface area contributed by atoms with Crippen LogP contribution < -0.4 is 0 Å². The topological polar surface area (TPSA) is 9.23 Å². The Hall–Kier alpha value is -0.820. The molecule has 1 aromatic carbocycles. The summed E-state index contributed by atoms with van der Waals surface area (Å²) in [6, 6.07) is 10.3. The van der Waals surface area contributed by atoms with Crippen molar-refractivity contribution in [2.45, 2.75) is 33.3 Å². The monoisotopic (exact) mass is 192 g/mol. The van der Waals surface area contributed by atoms with Gasteiger partial charge in [0.25, 0.3) is 0 Å². The van der Waals surface area contributed by atoms with Gasteiger partial charge in [0, 0.05) is 6.61 Å². The number of ether oxygens (including phenoxy) is 1. The Kier molecular flexibility index (Phi) is 5.31.